The Balaban J connectivity index is 2.19. The first-order valence-corrected chi connectivity index (χ1v) is 10.3. The number of benzene rings is 2. The van der Waals surface area contributed by atoms with E-state index in [0.29, 0.717) is 16.8 Å². The van der Waals surface area contributed by atoms with E-state index in [0.717, 1.165) is 0 Å². The standard InChI is InChI=1S/C21H21FN2O3S/c1-4-18(25)21-19(23-28(26,27)17-8-6-5-7-9-17)14(2)20(24(21)3)15-10-12-16(22)13-11-15/h5-13,23H,4H2,1-3H3. The van der Waals surface area contributed by atoms with E-state index in [-0.39, 0.29) is 34.3 Å². The molecule has 0 radical (unpaired) electrons. The van der Waals surface area contributed by atoms with Gasteiger partial charge in [0.05, 0.1) is 16.3 Å². The second kappa shape index (κ2) is 7.59. The van der Waals surface area contributed by atoms with Crippen LogP contribution in [-0.2, 0) is 17.1 Å². The molecule has 2 aromatic carbocycles. The highest BCUT2D eigenvalue weighted by Crippen LogP contribution is 2.36. The van der Waals surface area contributed by atoms with Gasteiger partial charge in [-0.25, -0.2) is 12.8 Å². The molecule has 1 heterocycles. The first-order chi connectivity index (χ1) is 13.3. The van der Waals surface area contributed by atoms with E-state index < -0.39 is 10.0 Å². The van der Waals surface area contributed by atoms with Crippen molar-refractivity contribution in [3.63, 3.8) is 0 Å². The number of nitrogens with zero attached hydrogens (tertiary/aromatic N) is 1. The largest absolute Gasteiger partial charge is 0.339 e. The molecule has 146 valence electrons. The fourth-order valence-electron chi connectivity index (χ4n) is 3.26. The maximum absolute atomic E-state index is 13.3. The SMILES string of the molecule is CCC(=O)c1c(NS(=O)(=O)c2ccccc2)c(C)c(-c2ccc(F)cc2)n1C. The Kier molecular flexibility index (Phi) is 5.38. The number of ketones is 1. The van der Waals surface area contributed by atoms with Gasteiger partial charge in [-0.15, -0.1) is 0 Å². The van der Waals surface area contributed by atoms with E-state index in [9.17, 15) is 17.6 Å². The van der Waals surface area contributed by atoms with Crippen molar-refractivity contribution >= 4 is 21.5 Å². The first kappa shape index (κ1) is 19.8. The summed E-state index contributed by atoms with van der Waals surface area (Å²) in [6, 6.07) is 13.8. The summed E-state index contributed by atoms with van der Waals surface area (Å²) in [6.07, 6.45) is 0.222. The van der Waals surface area contributed by atoms with Crippen molar-refractivity contribution in [1.82, 2.24) is 4.57 Å². The molecule has 28 heavy (non-hydrogen) atoms. The number of carbonyl (C=O) groups is 1. The summed E-state index contributed by atoms with van der Waals surface area (Å²) in [6.45, 7) is 3.46. The molecule has 0 amide bonds. The molecule has 3 aromatic rings. The quantitative estimate of drug-likeness (QED) is 0.618. The third kappa shape index (κ3) is 3.57. The highest BCUT2D eigenvalue weighted by Gasteiger charge is 2.27. The Hall–Kier alpha value is -2.93. The maximum atomic E-state index is 13.3. The third-order valence-electron chi connectivity index (χ3n) is 4.63. The normalized spacial score (nSPS) is 11.4. The zero-order valence-corrected chi connectivity index (χ0v) is 16.7. The highest BCUT2D eigenvalue weighted by molar-refractivity contribution is 7.92. The van der Waals surface area contributed by atoms with Crippen molar-refractivity contribution in [2.45, 2.75) is 25.2 Å². The van der Waals surface area contributed by atoms with E-state index in [2.05, 4.69) is 4.72 Å². The molecule has 0 aliphatic carbocycles. The molecule has 0 fully saturated rings. The fourth-order valence-corrected chi connectivity index (χ4v) is 4.41. The molecule has 5 nitrogen and oxygen atoms in total. The maximum Gasteiger partial charge on any atom is 0.261 e. The van der Waals surface area contributed by atoms with Crippen LogP contribution in [0.3, 0.4) is 0 Å². The van der Waals surface area contributed by atoms with Gasteiger partial charge in [0.2, 0.25) is 0 Å². The summed E-state index contributed by atoms with van der Waals surface area (Å²) in [4.78, 5) is 12.7. The lowest BCUT2D eigenvalue weighted by Gasteiger charge is -2.10. The van der Waals surface area contributed by atoms with Crippen LogP contribution in [0.25, 0.3) is 11.3 Å². The zero-order valence-electron chi connectivity index (χ0n) is 15.9. The van der Waals surface area contributed by atoms with Gasteiger partial charge in [0, 0.05) is 13.5 Å². The average Bonchev–Trinajstić information content (AvgIpc) is 2.92. The number of nitrogens with one attached hydrogen (secondary N) is 1. The van der Waals surface area contributed by atoms with Crippen LogP contribution in [0.5, 0.6) is 0 Å². The number of halogens is 1. The lowest BCUT2D eigenvalue weighted by Crippen LogP contribution is -2.16. The van der Waals surface area contributed by atoms with Crippen molar-refractivity contribution in [2.24, 2.45) is 7.05 Å². The molecular formula is C21H21FN2O3S. The van der Waals surface area contributed by atoms with Crippen molar-refractivity contribution in [3.05, 3.63) is 71.7 Å². The summed E-state index contributed by atoms with van der Waals surface area (Å²) >= 11 is 0. The van der Waals surface area contributed by atoms with Gasteiger partial charge >= 0.3 is 0 Å². The van der Waals surface area contributed by atoms with Gasteiger partial charge in [0.25, 0.3) is 10.0 Å². The number of carbonyl (C=O) groups excluding carboxylic acids is 1. The lowest BCUT2D eigenvalue weighted by atomic mass is 10.1. The van der Waals surface area contributed by atoms with Crippen molar-refractivity contribution < 1.29 is 17.6 Å². The molecule has 0 atom stereocenters. The summed E-state index contributed by atoms with van der Waals surface area (Å²) in [5, 5.41) is 0. The van der Waals surface area contributed by atoms with Crippen LogP contribution in [-0.4, -0.2) is 18.8 Å². The number of aromatic nitrogens is 1. The van der Waals surface area contributed by atoms with Crippen LogP contribution >= 0.6 is 0 Å². The number of hydrogen-bond donors (Lipinski definition) is 1. The fraction of sp³-hybridized carbons (Fsp3) is 0.190. The molecule has 3 rings (SSSR count). The summed E-state index contributed by atoms with van der Waals surface area (Å²) in [5.41, 5.74) is 2.47. The van der Waals surface area contributed by atoms with E-state index in [4.69, 9.17) is 0 Å². The molecule has 0 bridgehead atoms. The molecule has 0 saturated heterocycles. The minimum absolute atomic E-state index is 0.108. The van der Waals surface area contributed by atoms with Crippen molar-refractivity contribution in [2.75, 3.05) is 4.72 Å². The molecule has 0 unspecified atom stereocenters. The minimum Gasteiger partial charge on any atom is -0.339 e. The monoisotopic (exact) mass is 400 g/mol. The van der Waals surface area contributed by atoms with Crippen LogP contribution in [0.1, 0.15) is 29.4 Å². The van der Waals surface area contributed by atoms with Crippen LogP contribution < -0.4 is 4.72 Å². The number of anilines is 1. The van der Waals surface area contributed by atoms with Crippen molar-refractivity contribution in [3.8, 4) is 11.3 Å². The number of sulfonamides is 1. The molecule has 0 aliphatic heterocycles. The predicted octanol–water partition coefficient (Wildman–Crippen LogP) is 4.53. The van der Waals surface area contributed by atoms with E-state index >= 15 is 0 Å². The third-order valence-corrected chi connectivity index (χ3v) is 6.00. The van der Waals surface area contributed by atoms with Gasteiger partial charge in [-0.2, -0.15) is 0 Å². The van der Waals surface area contributed by atoms with Crippen LogP contribution in [0.2, 0.25) is 0 Å². The topological polar surface area (TPSA) is 68.2 Å². The molecular weight excluding hydrogens is 379 g/mol. The Morgan fingerprint density at radius 3 is 2.25 bits per heavy atom. The average molecular weight is 400 g/mol. The molecule has 0 spiro atoms. The van der Waals surface area contributed by atoms with Gasteiger partial charge in [-0.3, -0.25) is 9.52 Å². The zero-order chi connectivity index (χ0) is 20.5. The lowest BCUT2D eigenvalue weighted by molar-refractivity contribution is 0.0981. The smallest absolute Gasteiger partial charge is 0.261 e. The molecule has 1 aromatic heterocycles. The minimum atomic E-state index is -3.87. The molecule has 7 heteroatoms. The number of rotatable bonds is 6. The summed E-state index contributed by atoms with van der Waals surface area (Å²) in [7, 11) is -2.16. The van der Waals surface area contributed by atoms with Crippen molar-refractivity contribution in [1.29, 1.82) is 0 Å². The molecule has 0 aliphatic rings. The second-order valence-electron chi connectivity index (χ2n) is 6.46. The van der Waals surface area contributed by atoms with Crippen LogP contribution in [0.4, 0.5) is 10.1 Å². The Labute approximate surface area is 163 Å². The van der Waals surface area contributed by atoms with Crippen LogP contribution in [0, 0.1) is 12.7 Å². The molecule has 0 saturated carbocycles. The van der Waals surface area contributed by atoms with Gasteiger partial charge in [-0.1, -0.05) is 25.1 Å². The molecule has 1 N–H and O–H groups in total. The highest BCUT2D eigenvalue weighted by atomic mass is 32.2. The van der Waals surface area contributed by atoms with Gasteiger partial charge in [-0.05, 0) is 54.4 Å². The van der Waals surface area contributed by atoms with Crippen LogP contribution in [0.15, 0.2) is 59.5 Å². The summed E-state index contributed by atoms with van der Waals surface area (Å²) < 4.78 is 43.3. The Morgan fingerprint density at radius 1 is 1.07 bits per heavy atom. The Bertz CT molecular complexity index is 1120. The number of Topliss-reactive ketones (excluding diaryl/α,β-unsaturated/α-hetero) is 1. The van der Waals surface area contributed by atoms with E-state index in [1.54, 1.807) is 55.8 Å². The van der Waals surface area contributed by atoms with Gasteiger partial charge in [0.1, 0.15) is 11.5 Å². The Morgan fingerprint density at radius 2 is 1.68 bits per heavy atom. The summed E-state index contributed by atoms with van der Waals surface area (Å²) in [5.74, 6) is -0.560. The van der Waals surface area contributed by atoms with Gasteiger partial charge in [0.15, 0.2) is 5.78 Å². The first-order valence-electron chi connectivity index (χ1n) is 8.82. The number of hydrogen-bond acceptors (Lipinski definition) is 3. The predicted molar refractivity (Wildman–Crippen MR) is 107 cm³/mol. The second-order valence-corrected chi connectivity index (χ2v) is 8.14. The van der Waals surface area contributed by atoms with Gasteiger partial charge < -0.3 is 4.57 Å². The van der Waals surface area contributed by atoms with E-state index in [1.165, 1.54) is 24.3 Å². The van der Waals surface area contributed by atoms with E-state index in [1.807, 2.05) is 0 Å².